The van der Waals surface area contributed by atoms with Gasteiger partial charge in [0.15, 0.2) is 0 Å². The monoisotopic (exact) mass is 330 g/mol. The fourth-order valence-electron chi connectivity index (χ4n) is 3.85. The van der Waals surface area contributed by atoms with Crippen LogP contribution in [0.2, 0.25) is 0 Å². The number of likely N-dealkylation sites (tertiary alicyclic amines) is 1. The molecule has 0 aliphatic carbocycles. The zero-order valence-electron chi connectivity index (χ0n) is 12.9. The summed E-state index contributed by atoms with van der Waals surface area (Å²) in [5.74, 6) is -0.172. The van der Waals surface area contributed by atoms with Gasteiger partial charge in [-0.3, -0.25) is 9.69 Å². The normalized spacial score (nSPS) is 24.9. The Morgan fingerprint density at radius 1 is 1.26 bits per heavy atom. The van der Waals surface area contributed by atoms with Gasteiger partial charge in [-0.1, -0.05) is 6.07 Å². The van der Waals surface area contributed by atoms with E-state index in [0.29, 0.717) is 18.7 Å². The average molecular weight is 330 g/mol. The first-order valence-electron chi connectivity index (χ1n) is 7.93. The smallest absolute Gasteiger partial charge is 0.227 e. The molecule has 2 aromatic rings. The number of nitrogens with zero attached hydrogens (tertiary/aromatic N) is 2. The summed E-state index contributed by atoms with van der Waals surface area (Å²) >= 11 is 1.72. The average Bonchev–Trinajstić information content (AvgIpc) is 3.22. The Balaban J connectivity index is 1.48. The van der Waals surface area contributed by atoms with Crippen molar-refractivity contribution in [2.45, 2.75) is 19.4 Å². The van der Waals surface area contributed by atoms with Gasteiger partial charge >= 0.3 is 0 Å². The highest BCUT2D eigenvalue weighted by Gasteiger charge is 2.47. The van der Waals surface area contributed by atoms with Crippen molar-refractivity contribution in [3.8, 4) is 0 Å². The number of rotatable bonds is 3. The molecule has 1 aromatic heterocycles. The van der Waals surface area contributed by atoms with Gasteiger partial charge in [0.2, 0.25) is 5.91 Å². The van der Waals surface area contributed by atoms with Crippen LogP contribution in [0, 0.1) is 11.2 Å². The zero-order valence-corrected chi connectivity index (χ0v) is 13.7. The summed E-state index contributed by atoms with van der Waals surface area (Å²) in [6, 6.07) is 8.51. The topological polar surface area (TPSA) is 23.6 Å². The molecule has 3 heterocycles. The molecule has 1 amide bonds. The van der Waals surface area contributed by atoms with E-state index in [1.807, 2.05) is 6.07 Å². The molecule has 2 aliphatic rings. The number of hydrogen-bond acceptors (Lipinski definition) is 3. The van der Waals surface area contributed by atoms with E-state index >= 15 is 0 Å². The lowest BCUT2D eigenvalue weighted by molar-refractivity contribution is -0.117. The van der Waals surface area contributed by atoms with E-state index < -0.39 is 0 Å². The van der Waals surface area contributed by atoms with Crippen molar-refractivity contribution in [2.24, 2.45) is 5.41 Å². The number of amides is 1. The molecule has 120 valence electrons. The third-order valence-electron chi connectivity index (χ3n) is 4.94. The lowest BCUT2D eigenvalue weighted by Crippen LogP contribution is -2.31. The van der Waals surface area contributed by atoms with Crippen molar-refractivity contribution in [2.75, 3.05) is 24.5 Å². The Hall–Kier alpha value is -1.72. The highest BCUT2D eigenvalue weighted by Crippen LogP contribution is 2.42. The van der Waals surface area contributed by atoms with Gasteiger partial charge in [-0.05, 0) is 53.6 Å². The number of thiophene rings is 1. The molecule has 5 heteroatoms. The molecule has 0 bridgehead atoms. The Kier molecular flexibility index (Phi) is 3.70. The molecular weight excluding hydrogens is 311 g/mol. The van der Waals surface area contributed by atoms with Gasteiger partial charge in [-0.2, -0.15) is 11.3 Å². The first-order chi connectivity index (χ1) is 11.1. The molecule has 0 saturated carbocycles. The van der Waals surface area contributed by atoms with Crippen LogP contribution in [-0.2, 0) is 11.3 Å². The number of anilines is 1. The number of carbonyl (C=O) groups is 1. The molecule has 2 aliphatic heterocycles. The van der Waals surface area contributed by atoms with Gasteiger partial charge in [-0.15, -0.1) is 0 Å². The van der Waals surface area contributed by atoms with Gasteiger partial charge in [0.25, 0.3) is 0 Å². The van der Waals surface area contributed by atoms with Gasteiger partial charge < -0.3 is 4.90 Å². The quantitative estimate of drug-likeness (QED) is 0.860. The summed E-state index contributed by atoms with van der Waals surface area (Å²) in [4.78, 5) is 16.7. The Labute approximate surface area is 139 Å². The van der Waals surface area contributed by atoms with Crippen molar-refractivity contribution in [3.63, 3.8) is 0 Å². The molecule has 23 heavy (non-hydrogen) atoms. The van der Waals surface area contributed by atoms with Gasteiger partial charge in [0, 0.05) is 37.2 Å². The SMILES string of the molecule is O=C1CC2(CCN(Cc3ccsc3)C2)CN1c1cccc(F)c1. The van der Waals surface area contributed by atoms with Crippen molar-refractivity contribution in [1.29, 1.82) is 0 Å². The third kappa shape index (κ3) is 2.91. The number of hydrogen-bond donors (Lipinski definition) is 0. The second-order valence-electron chi connectivity index (χ2n) is 6.73. The van der Waals surface area contributed by atoms with E-state index in [-0.39, 0.29) is 17.1 Å². The summed E-state index contributed by atoms with van der Waals surface area (Å²) in [6.07, 6.45) is 1.61. The van der Waals surface area contributed by atoms with E-state index in [2.05, 4.69) is 21.7 Å². The van der Waals surface area contributed by atoms with Gasteiger partial charge in [0.05, 0.1) is 0 Å². The predicted molar refractivity (Wildman–Crippen MR) is 90.0 cm³/mol. The van der Waals surface area contributed by atoms with Crippen LogP contribution in [0.25, 0.3) is 0 Å². The number of halogens is 1. The summed E-state index contributed by atoms with van der Waals surface area (Å²) in [5.41, 5.74) is 2.06. The Bertz CT molecular complexity index is 718. The van der Waals surface area contributed by atoms with Crippen molar-refractivity contribution in [1.82, 2.24) is 4.90 Å². The van der Waals surface area contributed by atoms with Gasteiger partial charge in [-0.25, -0.2) is 4.39 Å². The van der Waals surface area contributed by atoms with E-state index in [1.54, 1.807) is 22.3 Å². The van der Waals surface area contributed by atoms with Crippen LogP contribution in [0.15, 0.2) is 41.1 Å². The van der Waals surface area contributed by atoms with E-state index in [4.69, 9.17) is 0 Å². The van der Waals surface area contributed by atoms with Crippen LogP contribution in [0.5, 0.6) is 0 Å². The standard InChI is InChI=1S/C18H19FN2OS/c19-15-2-1-3-16(8-15)21-13-18(9-17(21)22)5-6-20(12-18)10-14-4-7-23-11-14/h1-4,7-8,11H,5-6,9-10,12-13H2. The highest BCUT2D eigenvalue weighted by molar-refractivity contribution is 7.07. The maximum absolute atomic E-state index is 13.4. The van der Waals surface area contributed by atoms with Crippen molar-refractivity contribution >= 4 is 22.9 Å². The summed E-state index contributed by atoms with van der Waals surface area (Å²) in [5, 5.41) is 4.29. The summed E-state index contributed by atoms with van der Waals surface area (Å²) in [6.45, 7) is 3.63. The van der Waals surface area contributed by atoms with Crippen LogP contribution in [0.1, 0.15) is 18.4 Å². The molecular formula is C18H19FN2OS. The molecule has 1 unspecified atom stereocenters. The molecule has 1 atom stereocenters. The fraction of sp³-hybridized carbons (Fsp3) is 0.389. The molecule has 2 fully saturated rings. The maximum atomic E-state index is 13.4. The number of carbonyl (C=O) groups excluding carboxylic acids is 1. The minimum Gasteiger partial charge on any atom is -0.312 e. The first-order valence-corrected chi connectivity index (χ1v) is 8.87. The fourth-order valence-corrected chi connectivity index (χ4v) is 4.51. The lowest BCUT2D eigenvalue weighted by atomic mass is 9.86. The Morgan fingerprint density at radius 3 is 2.96 bits per heavy atom. The molecule has 2 saturated heterocycles. The second-order valence-corrected chi connectivity index (χ2v) is 7.51. The molecule has 0 radical (unpaired) electrons. The molecule has 4 rings (SSSR count). The van der Waals surface area contributed by atoms with E-state index in [1.165, 1.54) is 17.7 Å². The minimum absolute atomic E-state index is 0.0272. The Morgan fingerprint density at radius 2 is 2.17 bits per heavy atom. The zero-order chi connectivity index (χ0) is 15.9. The second kappa shape index (κ2) is 5.73. The molecule has 1 spiro atoms. The van der Waals surface area contributed by atoms with E-state index in [0.717, 1.165) is 26.1 Å². The lowest BCUT2D eigenvalue weighted by Gasteiger charge is -2.24. The predicted octanol–water partition coefficient (Wildman–Crippen LogP) is 3.52. The van der Waals surface area contributed by atoms with Crippen LogP contribution in [-0.4, -0.2) is 30.4 Å². The maximum Gasteiger partial charge on any atom is 0.227 e. The van der Waals surface area contributed by atoms with E-state index in [9.17, 15) is 9.18 Å². The van der Waals surface area contributed by atoms with Crippen molar-refractivity contribution in [3.05, 3.63) is 52.5 Å². The van der Waals surface area contributed by atoms with Crippen LogP contribution < -0.4 is 4.90 Å². The third-order valence-corrected chi connectivity index (χ3v) is 5.68. The van der Waals surface area contributed by atoms with Crippen LogP contribution in [0.3, 0.4) is 0 Å². The van der Waals surface area contributed by atoms with Crippen molar-refractivity contribution < 1.29 is 9.18 Å². The van der Waals surface area contributed by atoms with Crippen LogP contribution >= 0.6 is 11.3 Å². The van der Waals surface area contributed by atoms with Crippen LogP contribution in [0.4, 0.5) is 10.1 Å². The molecule has 1 aromatic carbocycles. The number of benzene rings is 1. The summed E-state index contributed by atoms with van der Waals surface area (Å²) in [7, 11) is 0. The summed E-state index contributed by atoms with van der Waals surface area (Å²) < 4.78 is 13.4. The molecule has 0 N–H and O–H groups in total. The van der Waals surface area contributed by atoms with Gasteiger partial charge in [0.1, 0.15) is 5.82 Å². The molecule has 3 nitrogen and oxygen atoms in total. The highest BCUT2D eigenvalue weighted by atomic mass is 32.1. The minimum atomic E-state index is -0.290. The largest absolute Gasteiger partial charge is 0.312 e. The first kappa shape index (κ1) is 14.8.